The summed E-state index contributed by atoms with van der Waals surface area (Å²) in [5, 5.41) is 0. The molecule has 0 bridgehead atoms. The molecule has 0 aliphatic heterocycles. The van der Waals surface area contributed by atoms with Crippen LogP contribution in [0.3, 0.4) is 0 Å². The molecular formula is C26H42OS2. The van der Waals surface area contributed by atoms with E-state index in [-0.39, 0.29) is 21.7 Å². The van der Waals surface area contributed by atoms with Crippen LogP contribution in [0.25, 0.3) is 0 Å². The van der Waals surface area contributed by atoms with Crippen molar-refractivity contribution in [3.63, 3.8) is 0 Å². The molecule has 1 atom stereocenters. The smallest absolute Gasteiger partial charge is 0.110 e. The summed E-state index contributed by atoms with van der Waals surface area (Å²) in [7, 11) is 0. The van der Waals surface area contributed by atoms with Crippen molar-refractivity contribution in [2.45, 2.75) is 104 Å². The Kier molecular flexibility index (Phi) is 7.49. The van der Waals surface area contributed by atoms with Crippen LogP contribution in [0, 0.1) is 0 Å². The van der Waals surface area contributed by atoms with Crippen molar-refractivity contribution in [1.29, 1.82) is 0 Å². The van der Waals surface area contributed by atoms with Crippen molar-refractivity contribution in [3.8, 4) is 0 Å². The highest BCUT2D eigenvalue weighted by Crippen LogP contribution is 2.45. The Morgan fingerprint density at radius 3 is 1.86 bits per heavy atom. The Morgan fingerprint density at radius 2 is 1.38 bits per heavy atom. The summed E-state index contributed by atoms with van der Waals surface area (Å²) < 4.78 is 6.48. The zero-order chi connectivity index (χ0) is 22.1. The monoisotopic (exact) mass is 434 g/mol. The molecule has 0 aliphatic rings. The lowest BCUT2D eigenvalue weighted by Crippen LogP contribution is -2.32. The van der Waals surface area contributed by atoms with E-state index in [1.165, 1.54) is 21.3 Å². The van der Waals surface area contributed by atoms with Gasteiger partial charge in [-0.2, -0.15) is 11.8 Å². The molecule has 3 heteroatoms. The fourth-order valence-corrected chi connectivity index (χ4v) is 6.02. The number of thioether (sulfide) groups is 1. The van der Waals surface area contributed by atoms with Gasteiger partial charge in [-0.25, -0.2) is 0 Å². The molecule has 0 spiro atoms. The molecule has 0 saturated carbocycles. The molecule has 0 aromatic carbocycles. The number of thiophene rings is 1. The molecule has 0 amide bonds. The highest BCUT2D eigenvalue weighted by atomic mass is 32.2. The van der Waals surface area contributed by atoms with Gasteiger partial charge in [0.2, 0.25) is 0 Å². The summed E-state index contributed by atoms with van der Waals surface area (Å²) in [5.74, 6) is 4.59. The molecular weight excluding hydrogens is 392 g/mol. The molecule has 0 radical (unpaired) electrons. The fourth-order valence-electron chi connectivity index (χ4n) is 3.97. The Bertz CT molecular complexity index is 782. The van der Waals surface area contributed by atoms with E-state index in [2.05, 4.69) is 93.5 Å². The van der Waals surface area contributed by atoms with Gasteiger partial charge in [0, 0.05) is 26.0 Å². The molecule has 1 unspecified atom stereocenters. The summed E-state index contributed by atoms with van der Waals surface area (Å²) in [4.78, 5) is 2.95. The summed E-state index contributed by atoms with van der Waals surface area (Å²) in [6, 6.07) is 9.12. The summed E-state index contributed by atoms with van der Waals surface area (Å²) in [6.07, 6.45) is 2.23. The second-order valence-electron chi connectivity index (χ2n) is 11.4. The number of hydrogen-bond donors (Lipinski definition) is 0. The maximum atomic E-state index is 6.48. The molecule has 0 N–H and O–H groups in total. The standard InChI is InChI=1S/C26H42OS2/c1-11-28-17-16-26(10,20-13-12-19(27-20)23(2,3)4)18-25(8,9)22-15-14-21(29-22)24(5,6)7/h12-15H,11,16-18H2,1-10H3. The number of rotatable bonds is 8. The van der Waals surface area contributed by atoms with Crippen LogP contribution >= 0.6 is 23.1 Å². The minimum atomic E-state index is 0.0288. The van der Waals surface area contributed by atoms with Gasteiger partial charge in [-0.05, 0) is 54.0 Å². The second kappa shape index (κ2) is 8.83. The fraction of sp³-hybridized carbons (Fsp3) is 0.692. The van der Waals surface area contributed by atoms with Crippen molar-refractivity contribution in [2.24, 2.45) is 0 Å². The SMILES string of the molecule is CCSCCC(C)(CC(C)(C)c1ccc(C(C)(C)C)s1)c1ccc(C(C)(C)C)o1. The van der Waals surface area contributed by atoms with Gasteiger partial charge < -0.3 is 4.42 Å². The highest BCUT2D eigenvalue weighted by molar-refractivity contribution is 7.99. The van der Waals surface area contributed by atoms with Crippen LogP contribution in [0.15, 0.2) is 28.7 Å². The third-order valence-electron chi connectivity index (χ3n) is 5.79. The Morgan fingerprint density at radius 1 is 0.793 bits per heavy atom. The highest BCUT2D eigenvalue weighted by Gasteiger charge is 2.38. The van der Waals surface area contributed by atoms with Crippen LogP contribution in [-0.4, -0.2) is 11.5 Å². The number of hydrogen-bond acceptors (Lipinski definition) is 3. The molecule has 2 heterocycles. The maximum Gasteiger partial charge on any atom is 0.110 e. The summed E-state index contributed by atoms with van der Waals surface area (Å²) in [6.45, 7) is 23.1. The van der Waals surface area contributed by atoms with E-state index in [1.54, 1.807) is 0 Å². The van der Waals surface area contributed by atoms with E-state index in [0.29, 0.717) is 0 Å². The summed E-state index contributed by atoms with van der Waals surface area (Å²) >= 11 is 4.02. The molecule has 2 rings (SSSR count). The second-order valence-corrected chi connectivity index (χ2v) is 13.9. The van der Waals surface area contributed by atoms with Gasteiger partial charge in [0.25, 0.3) is 0 Å². The van der Waals surface area contributed by atoms with Crippen LogP contribution in [0.5, 0.6) is 0 Å². The van der Waals surface area contributed by atoms with Gasteiger partial charge in [0.15, 0.2) is 0 Å². The third kappa shape index (κ3) is 6.17. The van der Waals surface area contributed by atoms with E-state index in [0.717, 1.165) is 24.4 Å². The van der Waals surface area contributed by atoms with E-state index in [1.807, 2.05) is 23.1 Å². The predicted octanol–water partition coefficient (Wildman–Crippen LogP) is 8.70. The normalized spacial score (nSPS) is 15.5. The van der Waals surface area contributed by atoms with Crippen LogP contribution in [0.1, 0.15) is 103 Å². The van der Waals surface area contributed by atoms with Gasteiger partial charge in [-0.3, -0.25) is 0 Å². The molecule has 0 fully saturated rings. The maximum absolute atomic E-state index is 6.48. The zero-order valence-electron chi connectivity index (χ0n) is 20.4. The predicted molar refractivity (Wildman–Crippen MR) is 133 cm³/mol. The first-order chi connectivity index (χ1) is 13.2. The topological polar surface area (TPSA) is 13.1 Å². The first kappa shape index (κ1) is 24.6. The number of furan rings is 1. The largest absolute Gasteiger partial charge is 0.465 e. The molecule has 29 heavy (non-hydrogen) atoms. The zero-order valence-corrected chi connectivity index (χ0v) is 22.0. The van der Waals surface area contributed by atoms with Gasteiger partial charge in [0.05, 0.1) is 0 Å². The van der Waals surface area contributed by atoms with E-state index in [4.69, 9.17) is 4.42 Å². The average molecular weight is 435 g/mol. The van der Waals surface area contributed by atoms with Crippen LogP contribution in [0.4, 0.5) is 0 Å². The Hall–Kier alpha value is -0.670. The first-order valence-corrected chi connectivity index (χ1v) is 13.0. The minimum Gasteiger partial charge on any atom is -0.465 e. The van der Waals surface area contributed by atoms with Gasteiger partial charge in [0.1, 0.15) is 11.5 Å². The molecule has 0 aliphatic carbocycles. The van der Waals surface area contributed by atoms with Crippen LogP contribution in [0.2, 0.25) is 0 Å². The first-order valence-electron chi connectivity index (χ1n) is 11.0. The van der Waals surface area contributed by atoms with Crippen molar-refractivity contribution in [2.75, 3.05) is 11.5 Å². The lowest BCUT2D eigenvalue weighted by Gasteiger charge is -2.36. The van der Waals surface area contributed by atoms with Crippen molar-refractivity contribution in [3.05, 3.63) is 45.5 Å². The molecule has 1 nitrogen and oxygen atoms in total. The molecule has 164 valence electrons. The lowest BCUT2D eigenvalue weighted by atomic mass is 9.70. The van der Waals surface area contributed by atoms with Gasteiger partial charge in [-0.15, -0.1) is 11.3 Å². The van der Waals surface area contributed by atoms with E-state index in [9.17, 15) is 0 Å². The van der Waals surface area contributed by atoms with Gasteiger partial charge >= 0.3 is 0 Å². The van der Waals surface area contributed by atoms with Crippen molar-refractivity contribution < 1.29 is 4.42 Å². The Balaban J connectivity index is 2.36. The van der Waals surface area contributed by atoms with Crippen LogP contribution < -0.4 is 0 Å². The van der Waals surface area contributed by atoms with E-state index >= 15 is 0 Å². The summed E-state index contributed by atoms with van der Waals surface area (Å²) in [5.41, 5.74) is 0.389. The molecule has 2 aromatic heterocycles. The average Bonchev–Trinajstić information content (AvgIpc) is 3.24. The third-order valence-corrected chi connectivity index (χ3v) is 8.56. The van der Waals surface area contributed by atoms with Gasteiger partial charge in [-0.1, -0.05) is 69.2 Å². The lowest BCUT2D eigenvalue weighted by molar-refractivity contribution is 0.257. The van der Waals surface area contributed by atoms with Crippen molar-refractivity contribution in [1.82, 2.24) is 0 Å². The van der Waals surface area contributed by atoms with E-state index < -0.39 is 0 Å². The molecule has 0 saturated heterocycles. The Labute approximate surface area is 188 Å². The minimum absolute atomic E-state index is 0.0288. The molecule has 2 aromatic rings. The van der Waals surface area contributed by atoms with Crippen LogP contribution in [-0.2, 0) is 21.7 Å². The van der Waals surface area contributed by atoms with Crippen molar-refractivity contribution >= 4 is 23.1 Å². The quantitative estimate of drug-likeness (QED) is 0.385.